The van der Waals surface area contributed by atoms with Crippen molar-refractivity contribution in [1.29, 1.82) is 0 Å². The zero-order valence-electron chi connectivity index (χ0n) is 11.6. The largest absolute Gasteiger partial charge is 0.361 e. The van der Waals surface area contributed by atoms with E-state index in [1.807, 2.05) is 49.5 Å². The van der Waals surface area contributed by atoms with Crippen LogP contribution in [0.5, 0.6) is 0 Å². The summed E-state index contributed by atoms with van der Waals surface area (Å²) in [6.07, 6.45) is 1.83. The highest BCUT2D eigenvalue weighted by Crippen LogP contribution is 2.19. The molecule has 2 aromatic carbocycles. The number of aromatic nitrogens is 1. The fraction of sp³-hybridized carbons (Fsp3) is 0.125. The molecular formula is C16H16N2O2S. The standard InChI is InChI=1S/C16H16N2O2S/c1-12-3-2-4-13(9-12)11-21(19,20)18-15-6-5-14-7-8-17-16(14)10-15/h2-10,17-18H,11H2,1H3. The molecule has 108 valence electrons. The van der Waals surface area contributed by atoms with Crippen LogP contribution in [0.15, 0.2) is 54.7 Å². The monoisotopic (exact) mass is 300 g/mol. The first-order chi connectivity index (χ1) is 10.0. The highest BCUT2D eigenvalue weighted by molar-refractivity contribution is 7.91. The van der Waals surface area contributed by atoms with Crippen LogP contribution in [0.2, 0.25) is 0 Å². The fourth-order valence-corrected chi connectivity index (χ4v) is 3.52. The number of nitrogens with one attached hydrogen (secondary N) is 2. The summed E-state index contributed by atoms with van der Waals surface area (Å²) in [4.78, 5) is 3.07. The van der Waals surface area contributed by atoms with E-state index in [1.165, 1.54) is 0 Å². The Morgan fingerprint density at radius 3 is 2.76 bits per heavy atom. The number of fused-ring (bicyclic) bond motifs is 1. The molecule has 2 N–H and O–H groups in total. The Bertz CT molecular complexity index is 882. The van der Waals surface area contributed by atoms with E-state index in [-0.39, 0.29) is 5.75 Å². The molecule has 0 spiro atoms. The van der Waals surface area contributed by atoms with Crippen molar-refractivity contribution in [2.45, 2.75) is 12.7 Å². The molecule has 1 heterocycles. The van der Waals surface area contributed by atoms with E-state index in [1.54, 1.807) is 12.1 Å². The quantitative estimate of drug-likeness (QED) is 0.775. The maximum absolute atomic E-state index is 12.2. The molecule has 0 atom stereocenters. The molecule has 0 unspecified atom stereocenters. The van der Waals surface area contributed by atoms with Gasteiger partial charge >= 0.3 is 0 Å². The molecule has 0 aliphatic rings. The third-order valence-corrected chi connectivity index (χ3v) is 4.53. The minimum absolute atomic E-state index is 0.0303. The Labute approximate surface area is 123 Å². The second kappa shape index (κ2) is 5.26. The van der Waals surface area contributed by atoms with Crippen LogP contribution in [0.1, 0.15) is 11.1 Å². The average molecular weight is 300 g/mol. The molecule has 0 amide bonds. The van der Waals surface area contributed by atoms with Gasteiger partial charge in [-0.05, 0) is 36.1 Å². The van der Waals surface area contributed by atoms with Gasteiger partial charge in [0.1, 0.15) is 0 Å². The van der Waals surface area contributed by atoms with Crippen LogP contribution in [-0.2, 0) is 15.8 Å². The number of rotatable bonds is 4. The Balaban J connectivity index is 1.82. The summed E-state index contributed by atoms with van der Waals surface area (Å²) in [5.41, 5.74) is 3.31. The van der Waals surface area contributed by atoms with Gasteiger partial charge in [-0.15, -0.1) is 0 Å². The first-order valence-corrected chi connectivity index (χ1v) is 8.30. The van der Waals surface area contributed by atoms with Gasteiger partial charge in [-0.3, -0.25) is 4.72 Å². The van der Waals surface area contributed by atoms with Crippen LogP contribution in [0.25, 0.3) is 10.9 Å². The van der Waals surface area contributed by atoms with Crippen molar-refractivity contribution in [2.75, 3.05) is 4.72 Å². The molecule has 0 fully saturated rings. The summed E-state index contributed by atoms with van der Waals surface area (Å²) in [7, 11) is -3.42. The van der Waals surface area contributed by atoms with Gasteiger partial charge in [0, 0.05) is 11.7 Å². The number of H-pyrrole nitrogens is 1. The van der Waals surface area contributed by atoms with E-state index in [0.717, 1.165) is 22.0 Å². The molecule has 5 heteroatoms. The number of aromatic amines is 1. The van der Waals surface area contributed by atoms with Gasteiger partial charge < -0.3 is 4.98 Å². The lowest BCUT2D eigenvalue weighted by Gasteiger charge is -2.08. The average Bonchev–Trinajstić information content (AvgIpc) is 2.84. The van der Waals surface area contributed by atoms with Crippen molar-refractivity contribution >= 4 is 26.6 Å². The molecule has 4 nitrogen and oxygen atoms in total. The van der Waals surface area contributed by atoms with Crippen LogP contribution >= 0.6 is 0 Å². The molecule has 3 rings (SSSR count). The summed E-state index contributed by atoms with van der Waals surface area (Å²) in [5, 5.41) is 1.05. The maximum atomic E-state index is 12.2. The van der Waals surface area contributed by atoms with Crippen molar-refractivity contribution in [1.82, 2.24) is 4.98 Å². The molecule has 0 saturated heterocycles. The molecular weight excluding hydrogens is 284 g/mol. The van der Waals surface area contributed by atoms with Crippen molar-refractivity contribution in [3.8, 4) is 0 Å². The second-order valence-electron chi connectivity index (χ2n) is 5.13. The summed E-state index contributed by atoms with van der Waals surface area (Å²) < 4.78 is 27.1. The van der Waals surface area contributed by atoms with Gasteiger partial charge in [-0.25, -0.2) is 8.42 Å². The van der Waals surface area contributed by atoms with Crippen LogP contribution in [0.4, 0.5) is 5.69 Å². The second-order valence-corrected chi connectivity index (χ2v) is 6.85. The Morgan fingerprint density at radius 1 is 1.10 bits per heavy atom. The minimum Gasteiger partial charge on any atom is -0.361 e. The van der Waals surface area contributed by atoms with Crippen molar-refractivity contribution < 1.29 is 8.42 Å². The predicted molar refractivity (Wildman–Crippen MR) is 85.7 cm³/mol. The van der Waals surface area contributed by atoms with E-state index in [2.05, 4.69) is 9.71 Å². The SMILES string of the molecule is Cc1cccc(CS(=O)(=O)Nc2ccc3cc[nH]c3c2)c1. The molecule has 0 aliphatic heterocycles. The highest BCUT2D eigenvalue weighted by atomic mass is 32.2. The number of benzene rings is 2. The lowest BCUT2D eigenvalue weighted by atomic mass is 10.2. The van der Waals surface area contributed by atoms with E-state index in [0.29, 0.717) is 5.69 Å². The summed E-state index contributed by atoms with van der Waals surface area (Å²) in [5.74, 6) is -0.0303. The number of sulfonamides is 1. The molecule has 0 radical (unpaired) electrons. The van der Waals surface area contributed by atoms with Gasteiger partial charge in [-0.2, -0.15) is 0 Å². The fourth-order valence-electron chi connectivity index (χ4n) is 2.35. The molecule has 0 aliphatic carbocycles. The van der Waals surface area contributed by atoms with E-state index in [4.69, 9.17) is 0 Å². The number of aryl methyl sites for hydroxylation is 1. The van der Waals surface area contributed by atoms with Gasteiger partial charge in [0.2, 0.25) is 10.0 Å². The highest BCUT2D eigenvalue weighted by Gasteiger charge is 2.12. The zero-order valence-corrected chi connectivity index (χ0v) is 12.4. The molecule has 21 heavy (non-hydrogen) atoms. The van der Waals surface area contributed by atoms with Crippen molar-refractivity contribution in [2.24, 2.45) is 0 Å². The molecule has 0 bridgehead atoms. The summed E-state index contributed by atoms with van der Waals surface area (Å²) in [6, 6.07) is 14.9. The van der Waals surface area contributed by atoms with E-state index < -0.39 is 10.0 Å². The van der Waals surface area contributed by atoms with Crippen LogP contribution in [-0.4, -0.2) is 13.4 Å². The smallest absolute Gasteiger partial charge is 0.236 e. The third-order valence-electron chi connectivity index (χ3n) is 3.27. The van der Waals surface area contributed by atoms with Crippen molar-refractivity contribution in [3.63, 3.8) is 0 Å². The van der Waals surface area contributed by atoms with Crippen LogP contribution < -0.4 is 4.72 Å². The number of hydrogen-bond acceptors (Lipinski definition) is 2. The molecule has 3 aromatic rings. The molecule has 1 aromatic heterocycles. The summed E-state index contributed by atoms with van der Waals surface area (Å²) >= 11 is 0. The normalized spacial score (nSPS) is 11.7. The number of hydrogen-bond donors (Lipinski definition) is 2. The predicted octanol–water partition coefficient (Wildman–Crippen LogP) is 3.42. The number of anilines is 1. The van der Waals surface area contributed by atoms with E-state index >= 15 is 0 Å². The first kappa shape index (κ1) is 13.7. The van der Waals surface area contributed by atoms with Gasteiger partial charge in [0.25, 0.3) is 0 Å². The Hall–Kier alpha value is -2.27. The van der Waals surface area contributed by atoms with Crippen molar-refractivity contribution in [3.05, 3.63) is 65.9 Å². The minimum atomic E-state index is -3.42. The topological polar surface area (TPSA) is 62.0 Å². The lowest BCUT2D eigenvalue weighted by molar-refractivity contribution is 0.600. The molecule has 0 saturated carbocycles. The third kappa shape index (κ3) is 3.25. The zero-order chi connectivity index (χ0) is 14.9. The van der Waals surface area contributed by atoms with E-state index in [9.17, 15) is 8.42 Å². The Kier molecular flexibility index (Phi) is 3.43. The van der Waals surface area contributed by atoms with Crippen LogP contribution in [0.3, 0.4) is 0 Å². The maximum Gasteiger partial charge on any atom is 0.236 e. The van der Waals surface area contributed by atoms with Gasteiger partial charge in [0.15, 0.2) is 0 Å². The Morgan fingerprint density at radius 2 is 1.95 bits per heavy atom. The first-order valence-electron chi connectivity index (χ1n) is 6.65. The summed E-state index contributed by atoms with van der Waals surface area (Å²) in [6.45, 7) is 1.95. The lowest BCUT2D eigenvalue weighted by Crippen LogP contribution is -2.15. The van der Waals surface area contributed by atoms with Gasteiger partial charge in [0.05, 0.1) is 11.4 Å². The van der Waals surface area contributed by atoms with Crippen LogP contribution in [0, 0.1) is 6.92 Å². The van der Waals surface area contributed by atoms with Gasteiger partial charge in [-0.1, -0.05) is 35.9 Å².